The summed E-state index contributed by atoms with van der Waals surface area (Å²) in [5.74, 6) is 2.30. The van der Waals surface area contributed by atoms with Gasteiger partial charge in [0.05, 0.1) is 64.0 Å². The second-order valence-corrected chi connectivity index (χ2v) is 10.6. The molecule has 50 heavy (non-hydrogen) atoms. The van der Waals surface area contributed by atoms with Crippen molar-refractivity contribution < 1.29 is 57.0 Å². The first-order valence-corrected chi connectivity index (χ1v) is 16.3. The standard InChI is InChI=1S/C38H40O12/c39-37-29-1-5-31(6-2-29)45-25-21-41-17-18-42-22-26-46-32-7-3-30(4-8-32)38(40)50-36-15-11-34(12-16-36)48-28-24-44-20-19-43-23-27-47-33-9-13-35(49-37)14-10-33/h1-16H,17-28H2. The van der Waals surface area contributed by atoms with Crippen LogP contribution >= 0.6 is 0 Å². The number of carbonyl (C=O) groups is 2. The number of ether oxygens (including phenoxy) is 10. The van der Waals surface area contributed by atoms with E-state index in [0.717, 1.165) is 0 Å². The fourth-order valence-corrected chi connectivity index (χ4v) is 4.43. The van der Waals surface area contributed by atoms with Gasteiger partial charge in [-0.25, -0.2) is 9.59 Å². The van der Waals surface area contributed by atoms with E-state index in [4.69, 9.17) is 47.4 Å². The summed E-state index contributed by atoms with van der Waals surface area (Å²) in [6.07, 6.45) is 0. The molecule has 7 aliphatic rings. The van der Waals surface area contributed by atoms with E-state index in [2.05, 4.69) is 0 Å². The highest BCUT2D eigenvalue weighted by Gasteiger charge is 2.11. The van der Waals surface area contributed by atoms with Gasteiger partial charge in [-0.1, -0.05) is 0 Å². The summed E-state index contributed by atoms with van der Waals surface area (Å²) in [7, 11) is 0. The van der Waals surface area contributed by atoms with Crippen LogP contribution in [0.3, 0.4) is 0 Å². The van der Waals surface area contributed by atoms with Crippen LogP contribution in [-0.2, 0) is 18.9 Å². The predicted molar refractivity (Wildman–Crippen MR) is 181 cm³/mol. The van der Waals surface area contributed by atoms with E-state index < -0.39 is 11.9 Å². The van der Waals surface area contributed by atoms with Gasteiger partial charge in [0.25, 0.3) is 0 Å². The highest BCUT2D eigenvalue weighted by atomic mass is 16.6. The van der Waals surface area contributed by atoms with Gasteiger partial charge in [-0.05, 0) is 97.1 Å². The summed E-state index contributed by atoms with van der Waals surface area (Å²) in [6, 6.07) is 26.9. The molecule has 4 aromatic rings. The lowest BCUT2D eigenvalue weighted by Crippen LogP contribution is -2.14. The number of benzene rings is 4. The predicted octanol–water partition coefficient (Wildman–Crippen LogP) is 5.42. The van der Waals surface area contributed by atoms with E-state index in [1.165, 1.54) is 0 Å². The minimum absolute atomic E-state index is 0.340. The molecule has 0 saturated heterocycles. The molecule has 0 spiro atoms. The summed E-state index contributed by atoms with van der Waals surface area (Å²) in [6.45, 7) is 4.51. The van der Waals surface area contributed by atoms with Crippen LogP contribution in [0.4, 0.5) is 0 Å². The topological polar surface area (TPSA) is 126 Å². The highest BCUT2D eigenvalue weighted by Crippen LogP contribution is 2.21. The van der Waals surface area contributed by atoms with Crippen molar-refractivity contribution in [2.24, 2.45) is 0 Å². The fraction of sp³-hybridized carbons (Fsp3) is 0.316. The summed E-state index contributed by atoms with van der Waals surface area (Å²) in [5, 5.41) is 0. The van der Waals surface area contributed by atoms with Gasteiger partial charge in [0.15, 0.2) is 0 Å². The van der Waals surface area contributed by atoms with E-state index in [1.807, 2.05) is 0 Å². The van der Waals surface area contributed by atoms with E-state index >= 15 is 0 Å². The Morgan fingerprint density at radius 3 is 0.780 bits per heavy atom. The Morgan fingerprint density at radius 1 is 0.280 bits per heavy atom. The average molecular weight is 689 g/mol. The van der Waals surface area contributed by atoms with Crippen LogP contribution in [0.1, 0.15) is 20.7 Å². The van der Waals surface area contributed by atoms with Gasteiger partial charge in [-0.3, -0.25) is 0 Å². The molecule has 0 N–H and O–H groups in total. The lowest BCUT2D eigenvalue weighted by molar-refractivity contribution is 0.0273. The summed E-state index contributed by atoms with van der Waals surface area (Å²) >= 11 is 0. The van der Waals surface area contributed by atoms with Gasteiger partial charge in [-0.15, -0.1) is 0 Å². The third-order valence-corrected chi connectivity index (χ3v) is 6.98. The van der Waals surface area contributed by atoms with Crippen LogP contribution in [0, 0.1) is 0 Å². The molecule has 0 atom stereocenters. The van der Waals surface area contributed by atoms with Crippen molar-refractivity contribution in [1.29, 1.82) is 0 Å². The van der Waals surface area contributed by atoms with Crippen molar-refractivity contribution in [2.45, 2.75) is 0 Å². The maximum absolute atomic E-state index is 12.6. The lowest BCUT2D eigenvalue weighted by atomic mass is 10.2. The first-order valence-electron chi connectivity index (χ1n) is 16.3. The Kier molecular flexibility index (Phi) is 14.7. The Labute approximate surface area is 290 Å². The summed E-state index contributed by atoms with van der Waals surface area (Å²) < 4.78 is 56.0. The third kappa shape index (κ3) is 12.7. The van der Waals surface area contributed by atoms with Crippen LogP contribution in [0.5, 0.6) is 34.5 Å². The van der Waals surface area contributed by atoms with Gasteiger partial charge in [0, 0.05) is 0 Å². The molecule has 0 radical (unpaired) electrons. The van der Waals surface area contributed by atoms with Crippen molar-refractivity contribution in [3.63, 3.8) is 0 Å². The number of rotatable bonds is 0. The van der Waals surface area contributed by atoms with Crippen LogP contribution < -0.4 is 28.4 Å². The van der Waals surface area contributed by atoms with Crippen molar-refractivity contribution >= 4 is 11.9 Å². The van der Waals surface area contributed by atoms with Crippen LogP contribution in [0.2, 0.25) is 0 Å². The zero-order valence-corrected chi connectivity index (χ0v) is 27.6. The monoisotopic (exact) mass is 688 g/mol. The molecule has 7 heterocycles. The smallest absolute Gasteiger partial charge is 0.343 e. The molecule has 8 bridgehead atoms. The fourth-order valence-electron chi connectivity index (χ4n) is 4.43. The van der Waals surface area contributed by atoms with E-state index in [-0.39, 0.29) is 0 Å². The Hall–Kier alpha value is -5.14. The SMILES string of the molecule is O=C1Oc2ccc(cc2)OCCOCCOCCOc2ccc(cc2)OC(=O)c2ccc(cc2)OCCOCCOCCOc2ccc1cc2. The van der Waals surface area contributed by atoms with Gasteiger partial charge < -0.3 is 47.4 Å². The van der Waals surface area contributed by atoms with Crippen molar-refractivity contribution in [2.75, 3.05) is 79.3 Å². The molecule has 0 aliphatic carbocycles. The molecule has 12 heteroatoms. The summed E-state index contributed by atoms with van der Waals surface area (Å²) in [4.78, 5) is 25.2. The molecular formula is C38H40O12. The molecular weight excluding hydrogens is 648 g/mol. The zero-order valence-electron chi connectivity index (χ0n) is 27.6. The number of esters is 2. The molecule has 0 unspecified atom stereocenters. The highest BCUT2D eigenvalue weighted by molar-refractivity contribution is 5.91. The Bertz CT molecular complexity index is 1450. The molecule has 0 fully saturated rings. The van der Waals surface area contributed by atoms with Gasteiger partial charge in [-0.2, -0.15) is 0 Å². The molecule has 264 valence electrons. The van der Waals surface area contributed by atoms with E-state index in [1.54, 1.807) is 97.1 Å². The molecule has 7 aliphatic heterocycles. The van der Waals surface area contributed by atoms with Crippen LogP contribution in [-0.4, -0.2) is 91.2 Å². The van der Waals surface area contributed by atoms with Gasteiger partial charge in [0.1, 0.15) is 60.9 Å². The quantitative estimate of drug-likeness (QED) is 0.173. The zero-order chi connectivity index (χ0) is 34.6. The number of hydrogen-bond donors (Lipinski definition) is 0. The van der Waals surface area contributed by atoms with Crippen molar-refractivity contribution in [3.8, 4) is 34.5 Å². The Morgan fingerprint density at radius 2 is 0.500 bits per heavy atom. The van der Waals surface area contributed by atoms with Crippen LogP contribution in [0.25, 0.3) is 0 Å². The average Bonchev–Trinajstić information content (AvgIpc) is 3.14. The number of hydrogen-bond acceptors (Lipinski definition) is 12. The lowest BCUT2D eigenvalue weighted by Gasteiger charge is -2.10. The largest absolute Gasteiger partial charge is 0.491 e. The molecule has 4 aromatic carbocycles. The normalized spacial score (nSPS) is 16.6. The molecule has 0 saturated carbocycles. The number of carbonyl (C=O) groups excluding carboxylic acids is 2. The minimum atomic E-state index is -0.482. The second kappa shape index (κ2) is 20.4. The molecule has 0 aromatic heterocycles. The molecule has 0 amide bonds. The third-order valence-electron chi connectivity index (χ3n) is 6.98. The van der Waals surface area contributed by atoms with E-state index in [9.17, 15) is 9.59 Å². The maximum Gasteiger partial charge on any atom is 0.343 e. The molecule has 11 rings (SSSR count). The van der Waals surface area contributed by atoms with Gasteiger partial charge in [0.2, 0.25) is 0 Å². The summed E-state index contributed by atoms with van der Waals surface area (Å²) in [5.41, 5.74) is 0.787. The van der Waals surface area contributed by atoms with Crippen molar-refractivity contribution in [3.05, 3.63) is 108 Å². The first-order chi connectivity index (χ1) is 24.6. The molecule has 12 nitrogen and oxygen atoms in total. The second-order valence-electron chi connectivity index (χ2n) is 10.6. The van der Waals surface area contributed by atoms with E-state index in [0.29, 0.717) is 125 Å². The Balaban J connectivity index is 1.07. The maximum atomic E-state index is 12.6. The van der Waals surface area contributed by atoms with Gasteiger partial charge >= 0.3 is 11.9 Å². The van der Waals surface area contributed by atoms with Crippen LogP contribution in [0.15, 0.2) is 97.1 Å². The van der Waals surface area contributed by atoms with Crippen molar-refractivity contribution in [1.82, 2.24) is 0 Å². The minimum Gasteiger partial charge on any atom is -0.491 e. The first kappa shape index (κ1) is 36.1.